The predicted octanol–water partition coefficient (Wildman–Crippen LogP) is 1.03. The van der Waals surface area contributed by atoms with E-state index in [0.717, 1.165) is 31.8 Å². The van der Waals surface area contributed by atoms with Gasteiger partial charge in [0.1, 0.15) is 5.76 Å². The molecule has 1 amide bonds. The van der Waals surface area contributed by atoms with Crippen LogP contribution in [0.2, 0.25) is 0 Å². The summed E-state index contributed by atoms with van der Waals surface area (Å²) in [5.74, 6) is 1.46. The molecule has 0 saturated carbocycles. The number of carbonyl (C=O) groups is 1. The number of aryl methyl sites for hydroxylation is 1. The molecule has 1 fully saturated rings. The highest BCUT2D eigenvalue weighted by atomic mass is 16.5. The standard InChI is InChI=1S/C13H21N3O2/c1-10-7-12(16-18-10)8-13(17)15-6-4-11-3-2-5-14-9-11/h7,11,14H,2-6,8-9H2,1H3,(H,15,17). The monoisotopic (exact) mass is 251 g/mol. The second kappa shape index (κ2) is 6.54. The molecule has 1 aromatic heterocycles. The number of hydrogen-bond donors (Lipinski definition) is 2. The molecule has 2 N–H and O–H groups in total. The average Bonchev–Trinajstić information content (AvgIpc) is 2.76. The maximum absolute atomic E-state index is 11.7. The van der Waals surface area contributed by atoms with E-state index in [4.69, 9.17) is 4.52 Å². The Bertz CT molecular complexity index is 383. The van der Waals surface area contributed by atoms with E-state index in [1.807, 2.05) is 6.92 Å². The molecule has 0 aromatic carbocycles. The largest absolute Gasteiger partial charge is 0.361 e. The highest BCUT2D eigenvalue weighted by Crippen LogP contribution is 2.12. The fraction of sp³-hybridized carbons (Fsp3) is 0.692. The van der Waals surface area contributed by atoms with Gasteiger partial charge in [-0.1, -0.05) is 5.16 Å². The molecule has 100 valence electrons. The van der Waals surface area contributed by atoms with Crippen LogP contribution in [0.25, 0.3) is 0 Å². The smallest absolute Gasteiger partial charge is 0.226 e. The third kappa shape index (κ3) is 4.14. The Balaban J connectivity index is 1.62. The first-order chi connectivity index (χ1) is 8.74. The van der Waals surface area contributed by atoms with Crippen LogP contribution in [0.15, 0.2) is 10.6 Å². The summed E-state index contributed by atoms with van der Waals surface area (Å²) in [7, 11) is 0. The minimum Gasteiger partial charge on any atom is -0.361 e. The molecule has 1 aromatic rings. The summed E-state index contributed by atoms with van der Waals surface area (Å²) in [6.45, 7) is 4.79. The van der Waals surface area contributed by atoms with Crippen molar-refractivity contribution in [2.24, 2.45) is 5.92 Å². The van der Waals surface area contributed by atoms with Gasteiger partial charge in [0, 0.05) is 12.6 Å². The lowest BCUT2D eigenvalue weighted by atomic mass is 9.96. The molecule has 5 heteroatoms. The van der Waals surface area contributed by atoms with Crippen molar-refractivity contribution in [1.82, 2.24) is 15.8 Å². The fourth-order valence-electron chi connectivity index (χ4n) is 2.31. The zero-order valence-corrected chi connectivity index (χ0v) is 10.9. The molecule has 1 unspecified atom stereocenters. The van der Waals surface area contributed by atoms with E-state index in [1.165, 1.54) is 12.8 Å². The molecule has 18 heavy (non-hydrogen) atoms. The summed E-state index contributed by atoms with van der Waals surface area (Å²) in [6.07, 6.45) is 3.87. The molecule has 0 radical (unpaired) electrons. The number of rotatable bonds is 5. The van der Waals surface area contributed by atoms with Crippen LogP contribution in [-0.2, 0) is 11.2 Å². The summed E-state index contributed by atoms with van der Waals surface area (Å²) in [5.41, 5.74) is 0.698. The fourth-order valence-corrected chi connectivity index (χ4v) is 2.31. The van der Waals surface area contributed by atoms with Crippen LogP contribution in [0, 0.1) is 12.8 Å². The summed E-state index contributed by atoms with van der Waals surface area (Å²) in [6, 6.07) is 1.80. The predicted molar refractivity (Wildman–Crippen MR) is 68.2 cm³/mol. The molecular weight excluding hydrogens is 230 g/mol. The van der Waals surface area contributed by atoms with Gasteiger partial charge in [0.25, 0.3) is 0 Å². The molecule has 2 heterocycles. The second-order valence-corrected chi connectivity index (χ2v) is 4.96. The minimum atomic E-state index is 0.0204. The van der Waals surface area contributed by atoms with E-state index in [-0.39, 0.29) is 5.91 Å². The minimum absolute atomic E-state index is 0.0204. The van der Waals surface area contributed by atoms with Crippen molar-refractivity contribution in [2.45, 2.75) is 32.6 Å². The lowest BCUT2D eigenvalue weighted by Gasteiger charge is -2.22. The first-order valence-corrected chi connectivity index (χ1v) is 6.63. The summed E-state index contributed by atoms with van der Waals surface area (Å²) < 4.78 is 4.93. The molecular formula is C13H21N3O2. The van der Waals surface area contributed by atoms with Crippen LogP contribution < -0.4 is 10.6 Å². The van der Waals surface area contributed by atoms with E-state index < -0.39 is 0 Å². The number of nitrogens with zero attached hydrogens (tertiary/aromatic N) is 1. The van der Waals surface area contributed by atoms with E-state index in [2.05, 4.69) is 15.8 Å². The second-order valence-electron chi connectivity index (χ2n) is 4.96. The molecule has 1 saturated heterocycles. The van der Waals surface area contributed by atoms with Gasteiger partial charge in [0.15, 0.2) is 0 Å². The average molecular weight is 251 g/mol. The maximum Gasteiger partial charge on any atom is 0.226 e. The summed E-state index contributed by atoms with van der Waals surface area (Å²) in [5, 5.41) is 10.1. The van der Waals surface area contributed by atoms with Crippen molar-refractivity contribution < 1.29 is 9.32 Å². The van der Waals surface area contributed by atoms with Gasteiger partial charge in [0.2, 0.25) is 5.91 Å². The molecule has 5 nitrogen and oxygen atoms in total. The number of aromatic nitrogens is 1. The zero-order valence-electron chi connectivity index (χ0n) is 10.9. The lowest BCUT2D eigenvalue weighted by molar-refractivity contribution is -0.120. The van der Waals surface area contributed by atoms with Gasteiger partial charge in [-0.3, -0.25) is 4.79 Å². The van der Waals surface area contributed by atoms with Gasteiger partial charge in [-0.15, -0.1) is 0 Å². The van der Waals surface area contributed by atoms with E-state index >= 15 is 0 Å². The maximum atomic E-state index is 11.7. The number of nitrogens with one attached hydrogen (secondary N) is 2. The molecule has 2 rings (SSSR count). The van der Waals surface area contributed by atoms with Crippen LogP contribution in [0.3, 0.4) is 0 Å². The zero-order chi connectivity index (χ0) is 12.8. The third-order valence-corrected chi connectivity index (χ3v) is 3.29. The van der Waals surface area contributed by atoms with Gasteiger partial charge in [-0.2, -0.15) is 0 Å². The summed E-state index contributed by atoms with van der Waals surface area (Å²) in [4.78, 5) is 11.7. The third-order valence-electron chi connectivity index (χ3n) is 3.29. The topological polar surface area (TPSA) is 67.2 Å². The Morgan fingerprint density at radius 2 is 2.56 bits per heavy atom. The van der Waals surface area contributed by atoms with Gasteiger partial charge in [-0.25, -0.2) is 0 Å². The van der Waals surface area contributed by atoms with Crippen LogP contribution >= 0.6 is 0 Å². The van der Waals surface area contributed by atoms with E-state index in [1.54, 1.807) is 6.07 Å². The molecule has 1 aliphatic heterocycles. The number of piperidine rings is 1. The molecule has 0 aliphatic carbocycles. The molecule has 1 aliphatic rings. The number of carbonyl (C=O) groups excluding carboxylic acids is 1. The van der Waals surface area contributed by atoms with Crippen molar-refractivity contribution in [2.75, 3.05) is 19.6 Å². The van der Waals surface area contributed by atoms with Gasteiger partial charge in [-0.05, 0) is 45.2 Å². The van der Waals surface area contributed by atoms with Crippen molar-refractivity contribution in [3.8, 4) is 0 Å². The molecule has 0 spiro atoms. The van der Waals surface area contributed by atoms with Gasteiger partial charge in [0.05, 0.1) is 12.1 Å². The van der Waals surface area contributed by atoms with Crippen molar-refractivity contribution >= 4 is 5.91 Å². The Labute approximate surface area is 107 Å². The van der Waals surface area contributed by atoms with Gasteiger partial charge < -0.3 is 15.2 Å². The highest BCUT2D eigenvalue weighted by molar-refractivity contribution is 5.77. The first kappa shape index (κ1) is 13.1. The lowest BCUT2D eigenvalue weighted by Crippen LogP contribution is -2.33. The quantitative estimate of drug-likeness (QED) is 0.820. The van der Waals surface area contributed by atoms with E-state index in [9.17, 15) is 4.79 Å². The molecule has 0 bridgehead atoms. The van der Waals surface area contributed by atoms with Crippen molar-refractivity contribution in [3.05, 3.63) is 17.5 Å². The Hall–Kier alpha value is -1.36. The number of amides is 1. The van der Waals surface area contributed by atoms with Crippen LogP contribution in [0.1, 0.15) is 30.7 Å². The normalized spacial score (nSPS) is 19.7. The van der Waals surface area contributed by atoms with Crippen LogP contribution in [0.5, 0.6) is 0 Å². The summed E-state index contributed by atoms with van der Waals surface area (Å²) >= 11 is 0. The van der Waals surface area contributed by atoms with Crippen LogP contribution in [-0.4, -0.2) is 30.7 Å². The number of hydrogen-bond acceptors (Lipinski definition) is 4. The SMILES string of the molecule is Cc1cc(CC(=O)NCCC2CCCNC2)no1. The Morgan fingerprint density at radius 1 is 1.67 bits per heavy atom. The van der Waals surface area contributed by atoms with Crippen molar-refractivity contribution in [1.29, 1.82) is 0 Å². The Kier molecular flexibility index (Phi) is 4.75. The van der Waals surface area contributed by atoms with Gasteiger partial charge >= 0.3 is 0 Å². The van der Waals surface area contributed by atoms with E-state index in [0.29, 0.717) is 18.0 Å². The first-order valence-electron chi connectivity index (χ1n) is 6.63. The molecule has 1 atom stereocenters. The van der Waals surface area contributed by atoms with Crippen molar-refractivity contribution in [3.63, 3.8) is 0 Å². The van der Waals surface area contributed by atoms with Crippen LogP contribution in [0.4, 0.5) is 0 Å². The Morgan fingerprint density at radius 3 is 3.22 bits per heavy atom. The highest BCUT2D eigenvalue weighted by Gasteiger charge is 2.13.